The minimum absolute atomic E-state index is 0.00789. The Kier molecular flexibility index (Phi) is 8.65. The van der Waals surface area contributed by atoms with Gasteiger partial charge in [-0.2, -0.15) is 0 Å². The topological polar surface area (TPSA) is 47.6 Å². The van der Waals surface area contributed by atoms with E-state index in [0.717, 1.165) is 23.2 Å². The van der Waals surface area contributed by atoms with Crippen LogP contribution in [0.25, 0.3) is 0 Å². The smallest absolute Gasteiger partial charge is 0.259 e. The van der Waals surface area contributed by atoms with Crippen LogP contribution < -0.4 is 14.8 Å². The van der Waals surface area contributed by atoms with Crippen molar-refractivity contribution >= 4 is 27.5 Å². The van der Waals surface area contributed by atoms with Crippen molar-refractivity contribution in [2.45, 2.75) is 52.6 Å². The molecule has 0 radical (unpaired) electrons. The molecule has 0 saturated heterocycles. The first kappa shape index (κ1) is 21.3. The van der Waals surface area contributed by atoms with E-state index in [0.29, 0.717) is 17.0 Å². The van der Waals surface area contributed by atoms with Gasteiger partial charge in [0.15, 0.2) is 0 Å². The van der Waals surface area contributed by atoms with Gasteiger partial charge in [-0.05, 0) is 62.7 Å². The maximum absolute atomic E-state index is 12.7. The Bertz CT molecular complexity index is 729. The molecule has 0 aliphatic rings. The molecule has 0 bridgehead atoms. The van der Waals surface area contributed by atoms with E-state index in [1.807, 2.05) is 44.2 Å². The van der Waals surface area contributed by atoms with Gasteiger partial charge in [0.25, 0.3) is 5.91 Å². The second-order valence-corrected chi connectivity index (χ2v) is 7.61. The highest BCUT2D eigenvalue weighted by atomic mass is 79.9. The molecule has 0 heterocycles. The summed E-state index contributed by atoms with van der Waals surface area (Å²) in [6.45, 7) is 6.79. The van der Waals surface area contributed by atoms with Crippen LogP contribution in [-0.4, -0.2) is 18.6 Å². The first-order chi connectivity index (χ1) is 13.0. The molecule has 1 N–H and O–H groups in total. The van der Waals surface area contributed by atoms with Crippen LogP contribution in [-0.2, 0) is 0 Å². The second-order valence-electron chi connectivity index (χ2n) is 6.69. The molecule has 146 valence electrons. The number of carbonyl (C=O) groups excluding carboxylic acids is 1. The Balaban J connectivity index is 1.97. The van der Waals surface area contributed by atoms with Gasteiger partial charge >= 0.3 is 0 Å². The molecule has 0 aliphatic carbocycles. The number of rotatable bonds is 10. The number of hydrogen-bond donors (Lipinski definition) is 1. The first-order valence-electron chi connectivity index (χ1n) is 9.50. The van der Waals surface area contributed by atoms with Gasteiger partial charge in [0.2, 0.25) is 0 Å². The van der Waals surface area contributed by atoms with E-state index in [-0.39, 0.29) is 12.0 Å². The summed E-state index contributed by atoms with van der Waals surface area (Å²) in [4.78, 5) is 12.7. The zero-order valence-corrected chi connectivity index (χ0v) is 17.8. The predicted molar refractivity (Wildman–Crippen MR) is 114 cm³/mol. The maximum atomic E-state index is 12.7. The number of amides is 1. The molecule has 4 nitrogen and oxygen atoms in total. The van der Waals surface area contributed by atoms with Gasteiger partial charge < -0.3 is 14.8 Å². The molecule has 0 aromatic heterocycles. The number of anilines is 1. The standard InChI is InChI=1S/C22H28BrNO3/c1-4-5-6-7-14-26-19-11-9-18(10-12-19)24-22(25)20-15-17(23)8-13-21(20)27-16(2)3/h8-13,15-16H,4-7,14H2,1-3H3,(H,24,25). The first-order valence-corrected chi connectivity index (χ1v) is 10.3. The van der Waals surface area contributed by atoms with E-state index >= 15 is 0 Å². The Morgan fingerprint density at radius 1 is 1.07 bits per heavy atom. The largest absolute Gasteiger partial charge is 0.494 e. The Hall–Kier alpha value is -2.01. The van der Waals surface area contributed by atoms with Gasteiger partial charge in [-0.1, -0.05) is 42.1 Å². The van der Waals surface area contributed by atoms with E-state index in [9.17, 15) is 4.79 Å². The van der Waals surface area contributed by atoms with Crippen molar-refractivity contribution in [3.05, 3.63) is 52.5 Å². The average molecular weight is 434 g/mol. The molecule has 27 heavy (non-hydrogen) atoms. The highest BCUT2D eigenvalue weighted by Crippen LogP contribution is 2.26. The highest BCUT2D eigenvalue weighted by molar-refractivity contribution is 9.10. The Labute approximate surface area is 170 Å². The highest BCUT2D eigenvalue weighted by Gasteiger charge is 2.14. The van der Waals surface area contributed by atoms with Gasteiger partial charge in [0.1, 0.15) is 11.5 Å². The second kappa shape index (κ2) is 11.0. The van der Waals surface area contributed by atoms with Crippen LogP contribution in [0, 0.1) is 0 Å². The third kappa shape index (κ3) is 7.25. The molecule has 2 rings (SSSR count). The number of ether oxygens (including phenoxy) is 2. The SMILES string of the molecule is CCCCCCOc1ccc(NC(=O)c2cc(Br)ccc2OC(C)C)cc1. The Morgan fingerprint density at radius 3 is 2.48 bits per heavy atom. The third-order valence-corrected chi connectivity index (χ3v) is 4.42. The minimum atomic E-state index is -0.208. The number of unbranched alkanes of at least 4 members (excludes halogenated alkanes) is 3. The van der Waals surface area contributed by atoms with E-state index in [4.69, 9.17) is 9.47 Å². The van der Waals surface area contributed by atoms with Crippen LogP contribution in [0.15, 0.2) is 46.9 Å². The molecule has 0 atom stereocenters. The van der Waals surface area contributed by atoms with Crippen LogP contribution in [0.1, 0.15) is 56.8 Å². The summed E-state index contributed by atoms with van der Waals surface area (Å²) in [5, 5.41) is 2.91. The van der Waals surface area contributed by atoms with Gasteiger partial charge in [0.05, 0.1) is 18.3 Å². The average Bonchev–Trinajstić information content (AvgIpc) is 2.64. The molecule has 0 fully saturated rings. The van der Waals surface area contributed by atoms with E-state index in [1.165, 1.54) is 19.3 Å². The normalized spacial score (nSPS) is 10.7. The molecule has 0 unspecified atom stereocenters. The van der Waals surface area contributed by atoms with Crippen molar-refractivity contribution < 1.29 is 14.3 Å². The maximum Gasteiger partial charge on any atom is 0.259 e. The van der Waals surface area contributed by atoms with Crippen LogP contribution in [0.2, 0.25) is 0 Å². The lowest BCUT2D eigenvalue weighted by atomic mass is 10.1. The molecule has 0 spiro atoms. The zero-order valence-electron chi connectivity index (χ0n) is 16.3. The van der Waals surface area contributed by atoms with E-state index in [2.05, 4.69) is 28.2 Å². The zero-order chi connectivity index (χ0) is 19.6. The van der Waals surface area contributed by atoms with E-state index < -0.39 is 0 Å². The molecule has 0 saturated carbocycles. The number of carbonyl (C=O) groups is 1. The third-order valence-electron chi connectivity index (χ3n) is 3.93. The van der Waals surface area contributed by atoms with Crippen LogP contribution in [0.5, 0.6) is 11.5 Å². The molecular weight excluding hydrogens is 406 g/mol. The Morgan fingerprint density at radius 2 is 1.81 bits per heavy atom. The molecule has 2 aromatic rings. The molecular formula is C22H28BrNO3. The fourth-order valence-corrected chi connectivity index (χ4v) is 2.95. The van der Waals surface area contributed by atoms with Crippen LogP contribution in [0.3, 0.4) is 0 Å². The fraction of sp³-hybridized carbons (Fsp3) is 0.409. The monoisotopic (exact) mass is 433 g/mol. The predicted octanol–water partition coefficient (Wildman–Crippen LogP) is 6.45. The number of hydrogen-bond acceptors (Lipinski definition) is 3. The fourth-order valence-electron chi connectivity index (χ4n) is 2.59. The van der Waals surface area contributed by atoms with Crippen LogP contribution >= 0.6 is 15.9 Å². The number of benzene rings is 2. The summed E-state index contributed by atoms with van der Waals surface area (Å²) in [6.07, 6.45) is 4.71. The van der Waals surface area contributed by atoms with Crippen LogP contribution in [0.4, 0.5) is 5.69 Å². The van der Waals surface area contributed by atoms with Crippen molar-refractivity contribution in [1.29, 1.82) is 0 Å². The van der Waals surface area contributed by atoms with Gasteiger partial charge in [-0.15, -0.1) is 0 Å². The quantitative estimate of drug-likeness (QED) is 0.438. The minimum Gasteiger partial charge on any atom is -0.494 e. The van der Waals surface area contributed by atoms with Gasteiger partial charge in [0, 0.05) is 10.2 Å². The van der Waals surface area contributed by atoms with Crippen molar-refractivity contribution in [3.8, 4) is 11.5 Å². The lowest BCUT2D eigenvalue weighted by Gasteiger charge is -2.15. The summed E-state index contributed by atoms with van der Waals surface area (Å²) in [6, 6.07) is 12.9. The molecule has 1 amide bonds. The molecule has 2 aromatic carbocycles. The van der Waals surface area contributed by atoms with Gasteiger partial charge in [-0.25, -0.2) is 0 Å². The summed E-state index contributed by atoms with van der Waals surface area (Å²) in [5.41, 5.74) is 1.21. The molecule has 5 heteroatoms. The van der Waals surface area contributed by atoms with Crippen molar-refractivity contribution in [3.63, 3.8) is 0 Å². The van der Waals surface area contributed by atoms with Crippen molar-refractivity contribution in [1.82, 2.24) is 0 Å². The lowest BCUT2D eigenvalue weighted by Crippen LogP contribution is -2.15. The number of halogens is 1. The number of nitrogens with one attached hydrogen (secondary N) is 1. The van der Waals surface area contributed by atoms with Gasteiger partial charge in [-0.3, -0.25) is 4.79 Å². The summed E-state index contributed by atoms with van der Waals surface area (Å²) < 4.78 is 12.3. The summed E-state index contributed by atoms with van der Waals surface area (Å²) in [5.74, 6) is 1.17. The van der Waals surface area contributed by atoms with E-state index in [1.54, 1.807) is 12.1 Å². The summed E-state index contributed by atoms with van der Waals surface area (Å²) >= 11 is 3.41. The van der Waals surface area contributed by atoms with Crippen molar-refractivity contribution in [2.24, 2.45) is 0 Å². The lowest BCUT2D eigenvalue weighted by molar-refractivity contribution is 0.102. The molecule has 0 aliphatic heterocycles. The summed E-state index contributed by atoms with van der Waals surface area (Å²) in [7, 11) is 0. The van der Waals surface area contributed by atoms with Crippen molar-refractivity contribution in [2.75, 3.05) is 11.9 Å².